The Bertz CT molecular complexity index is 2000. The van der Waals surface area contributed by atoms with Gasteiger partial charge in [0, 0.05) is 57.4 Å². The summed E-state index contributed by atoms with van der Waals surface area (Å²) in [6.07, 6.45) is 2.94. The normalized spacial score (nSPS) is 17.5. The summed E-state index contributed by atoms with van der Waals surface area (Å²) in [5.74, 6) is 0.726. The lowest BCUT2D eigenvalue weighted by Crippen LogP contribution is -2.53. The van der Waals surface area contributed by atoms with E-state index in [0.29, 0.717) is 11.9 Å². The van der Waals surface area contributed by atoms with E-state index in [1.807, 2.05) is 0 Å². The molecule has 0 spiro atoms. The lowest BCUT2D eigenvalue weighted by Gasteiger charge is -2.38. The van der Waals surface area contributed by atoms with Gasteiger partial charge in [-0.05, 0) is 55.2 Å². The molecule has 2 saturated heterocycles. The van der Waals surface area contributed by atoms with Gasteiger partial charge in [0.25, 0.3) is 15.6 Å². The van der Waals surface area contributed by atoms with Crippen molar-refractivity contribution in [1.82, 2.24) is 23.0 Å². The Labute approximate surface area is 260 Å². The predicted molar refractivity (Wildman–Crippen MR) is 166 cm³/mol. The van der Waals surface area contributed by atoms with Crippen LogP contribution in [-0.2, 0) is 31.9 Å². The number of carbonyl (C=O) groups excluding carboxylic acids is 1. The van der Waals surface area contributed by atoms with Gasteiger partial charge in [0.05, 0.1) is 26.9 Å². The van der Waals surface area contributed by atoms with Crippen molar-refractivity contribution < 1.29 is 21.6 Å². The molecule has 44 heavy (non-hydrogen) atoms. The van der Waals surface area contributed by atoms with Crippen LogP contribution in [0.1, 0.15) is 12.8 Å². The number of piperidine rings is 1. The zero-order valence-corrected chi connectivity index (χ0v) is 26.3. The number of nitrogens with zero attached hydrogens (tertiary/aromatic N) is 6. The number of aryl methyl sites for hydroxylation is 1. The summed E-state index contributed by atoms with van der Waals surface area (Å²) < 4.78 is 57.5. The first-order valence-electron chi connectivity index (χ1n) is 14.1. The number of piperazine rings is 1. The largest absolute Gasteiger partial charge is 0.355 e. The molecule has 2 aliphatic heterocycles. The first-order valence-corrected chi connectivity index (χ1v) is 17.4. The second kappa shape index (κ2) is 11.7. The third-order valence-corrected chi connectivity index (χ3v) is 12.1. The second-order valence-corrected chi connectivity index (χ2v) is 15.2. The quantitative estimate of drug-likeness (QED) is 0.296. The summed E-state index contributed by atoms with van der Waals surface area (Å²) in [5, 5.41) is 4.88. The van der Waals surface area contributed by atoms with Crippen LogP contribution < -0.4 is 10.5 Å². The summed E-state index contributed by atoms with van der Waals surface area (Å²) in [6, 6.07) is 15.2. The molecule has 2 aromatic heterocycles. The highest BCUT2D eigenvalue weighted by atomic mass is 35.5. The van der Waals surface area contributed by atoms with Crippen molar-refractivity contribution in [2.45, 2.75) is 22.6 Å². The maximum atomic E-state index is 13.7. The molecule has 15 heteroatoms. The first-order chi connectivity index (χ1) is 20.9. The summed E-state index contributed by atoms with van der Waals surface area (Å²) in [6.45, 7) is 2.10. The van der Waals surface area contributed by atoms with Crippen LogP contribution in [0, 0.1) is 5.92 Å². The van der Waals surface area contributed by atoms with E-state index in [1.54, 1.807) is 36.2 Å². The van der Waals surface area contributed by atoms with E-state index >= 15 is 0 Å². The number of rotatable bonds is 7. The molecule has 2 aromatic carbocycles. The van der Waals surface area contributed by atoms with Crippen molar-refractivity contribution in [2.24, 2.45) is 13.0 Å². The minimum Gasteiger partial charge on any atom is -0.355 e. The molecule has 0 unspecified atom stereocenters. The minimum atomic E-state index is -4.11. The fraction of sp³-hybridized carbons (Fsp3) is 0.345. The highest BCUT2D eigenvalue weighted by Crippen LogP contribution is 2.32. The second-order valence-electron chi connectivity index (χ2n) is 11.0. The molecule has 0 N–H and O–H groups in total. The minimum absolute atomic E-state index is 0.0397. The summed E-state index contributed by atoms with van der Waals surface area (Å²) in [7, 11) is -6.53. The van der Waals surface area contributed by atoms with Crippen molar-refractivity contribution >= 4 is 54.3 Å². The molecule has 0 bridgehead atoms. The maximum absolute atomic E-state index is 13.7. The van der Waals surface area contributed by atoms with Crippen LogP contribution in [0.4, 0.5) is 5.82 Å². The molecule has 2 aliphatic rings. The van der Waals surface area contributed by atoms with Gasteiger partial charge in [0.1, 0.15) is 5.82 Å². The van der Waals surface area contributed by atoms with E-state index in [9.17, 15) is 26.4 Å². The van der Waals surface area contributed by atoms with Crippen molar-refractivity contribution in [1.29, 1.82) is 0 Å². The van der Waals surface area contributed by atoms with E-state index in [0.717, 1.165) is 40.0 Å². The van der Waals surface area contributed by atoms with Crippen LogP contribution >= 0.6 is 11.6 Å². The standard InChI is InChI=1S/C29H31ClN6O6S2/c1-32-28(37)10-9-27(31-32)33-13-11-21(12-14-33)18-34-15-16-35(20-29(34)38)43(39,40)23-7-8-24-25(30)19-36(26(24)17-23)44(41,42)22-5-3-2-4-6-22/h2-10,17,19,21H,11-16,18,20H2,1H3. The Morgan fingerprint density at radius 3 is 2.27 bits per heavy atom. The number of carbonyl (C=O) groups is 1. The van der Waals surface area contributed by atoms with Crippen molar-refractivity contribution in [3.63, 3.8) is 0 Å². The Morgan fingerprint density at radius 2 is 1.59 bits per heavy atom. The lowest BCUT2D eigenvalue weighted by molar-refractivity contribution is -0.134. The topological polar surface area (TPSA) is 135 Å². The Kier molecular flexibility index (Phi) is 8.03. The Balaban J connectivity index is 1.14. The average molecular weight is 659 g/mol. The maximum Gasteiger partial charge on any atom is 0.268 e. The van der Waals surface area contributed by atoms with E-state index < -0.39 is 20.0 Å². The number of fused-ring (bicyclic) bond motifs is 1. The molecule has 0 aliphatic carbocycles. The van der Waals surface area contributed by atoms with Crippen LogP contribution in [0.3, 0.4) is 0 Å². The third-order valence-electron chi connectivity index (χ3n) is 8.28. The molecule has 232 valence electrons. The smallest absolute Gasteiger partial charge is 0.268 e. The van der Waals surface area contributed by atoms with Gasteiger partial charge in [-0.1, -0.05) is 29.8 Å². The van der Waals surface area contributed by atoms with Crippen LogP contribution in [0.15, 0.2) is 81.4 Å². The van der Waals surface area contributed by atoms with Gasteiger partial charge in [-0.25, -0.2) is 25.5 Å². The predicted octanol–water partition coefficient (Wildman–Crippen LogP) is 2.37. The highest BCUT2D eigenvalue weighted by molar-refractivity contribution is 7.90. The van der Waals surface area contributed by atoms with E-state index in [2.05, 4.69) is 10.00 Å². The summed E-state index contributed by atoms with van der Waals surface area (Å²) >= 11 is 6.34. The van der Waals surface area contributed by atoms with Gasteiger partial charge in [0.15, 0.2) is 0 Å². The van der Waals surface area contributed by atoms with Crippen LogP contribution in [0.5, 0.6) is 0 Å². The van der Waals surface area contributed by atoms with Gasteiger partial charge in [-0.2, -0.15) is 9.40 Å². The molecular weight excluding hydrogens is 628 g/mol. The van der Waals surface area contributed by atoms with Gasteiger partial charge in [-0.15, -0.1) is 0 Å². The first kappa shape index (κ1) is 30.3. The molecule has 6 rings (SSSR count). The van der Waals surface area contributed by atoms with Crippen LogP contribution in [0.2, 0.25) is 5.02 Å². The number of aromatic nitrogens is 3. The molecule has 4 heterocycles. The molecular formula is C29H31ClN6O6S2. The fourth-order valence-electron chi connectivity index (χ4n) is 5.75. The molecule has 0 radical (unpaired) electrons. The van der Waals surface area contributed by atoms with Gasteiger partial charge < -0.3 is 9.80 Å². The van der Waals surface area contributed by atoms with Gasteiger partial charge in [0.2, 0.25) is 15.9 Å². The van der Waals surface area contributed by atoms with Crippen LogP contribution in [0.25, 0.3) is 10.9 Å². The zero-order valence-electron chi connectivity index (χ0n) is 23.9. The van der Waals surface area contributed by atoms with Crippen molar-refractivity contribution in [2.75, 3.05) is 44.2 Å². The molecule has 1 amide bonds. The molecule has 4 aromatic rings. The number of benzene rings is 2. The van der Waals surface area contributed by atoms with Crippen molar-refractivity contribution in [3.8, 4) is 0 Å². The fourth-order valence-corrected chi connectivity index (χ4v) is 8.85. The molecule has 0 atom stereocenters. The SMILES string of the molecule is Cn1nc(N2CCC(CN3CCN(S(=O)(=O)c4ccc5c(Cl)cn(S(=O)(=O)c6ccccc6)c5c4)CC3=O)CC2)ccc1=O. The number of sulfonamides is 1. The molecule has 0 saturated carbocycles. The van der Waals surface area contributed by atoms with E-state index in [4.69, 9.17) is 11.6 Å². The summed E-state index contributed by atoms with van der Waals surface area (Å²) in [4.78, 5) is 28.5. The highest BCUT2D eigenvalue weighted by Gasteiger charge is 2.35. The van der Waals surface area contributed by atoms with E-state index in [1.165, 1.54) is 47.3 Å². The number of anilines is 1. The van der Waals surface area contributed by atoms with Gasteiger partial charge in [-0.3, -0.25) is 9.59 Å². The monoisotopic (exact) mass is 658 g/mol. The van der Waals surface area contributed by atoms with E-state index in [-0.39, 0.29) is 57.3 Å². The van der Waals surface area contributed by atoms with Crippen molar-refractivity contribution in [3.05, 3.63) is 82.2 Å². The number of amides is 1. The summed E-state index contributed by atoms with van der Waals surface area (Å²) in [5.41, 5.74) is -0.0389. The molecule has 12 nitrogen and oxygen atoms in total. The third kappa shape index (κ3) is 5.62. The number of halogens is 1. The van der Waals surface area contributed by atoms with Gasteiger partial charge >= 0.3 is 0 Å². The lowest BCUT2D eigenvalue weighted by atomic mass is 9.96. The zero-order chi connectivity index (χ0) is 31.2. The Morgan fingerprint density at radius 1 is 0.864 bits per heavy atom. The number of hydrogen-bond acceptors (Lipinski definition) is 8. The van der Waals surface area contributed by atoms with Crippen LogP contribution in [-0.4, -0.2) is 85.0 Å². The molecule has 2 fully saturated rings. The average Bonchev–Trinajstić information content (AvgIpc) is 3.36. The Hall–Kier alpha value is -3.72. The number of hydrogen-bond donors (Lipinski definition) is 0.